The van der Waals surface area contributed by atoms with E-state index in [0.29, 0.717) is 15.6 Å². The van der Waals surface area contributed by atoms with Crippen molar-refractivity contribution in [3.8, 4) is 0 Å². The van der Waals surface area contributed by atoms with E-state index in [1.807, 2.05) is 0 Å². The third-order valence-corrected chi connectivity index (χ3v) is 1.67. The lowest BCUT2D eigenvalue weighted by Gasteiger charge is -1.97. The minimum absolute atomic E-state index is 0.250. The van der Waals surface area contributed by atoms with Crippen LogP contribution in [-0.4, -0.2) is 4.92 Å². The molecule has 0 saturated heterocycles. The van der Waals surface area contributed by atoms with Gasteiger partial charge in [-0.25, -0.2) is 0 Å². The van der Waals surface area contributed by atoms with Crippen molar-refractivity contribution in [2.45, 2.75) is 6.54 Å². The van der Waals surface area contributed by atoms with E-state index in [1.54, 1.807) is 0 Å². The molecule has 0 amide bonds. The number of benzene rings is 1. The van der Waals surface area contributed by atoms with E-state index in [-0.39, 0.29) is 6.54 Å². The molecule has 12 heavy (non-hydrogen) atoms. The molecule has 0 saturated carbocycles. The fourth-order valence-electron chi connectivity index (χ4n) is 0.851. The van der Waals surface area contributed by atoms with E-state index in [2.05, 4.69) is 0 Å². The summed E-state index contributed by atoms with van der Waals surface area (Å²) in [6.07, 6.45) is 0. The van der Waals surface area contributed by atoms with E-state index in [0.717, 1.165) is 0 Å². The number of halogens is 2. The minimum atomic E-state index is -0.429. The molecule has 5 heteroatoms. The minimum Gasteiger partial charge on any atom is -0.264 e. The highest BCUT2D eigenvalue weighted by molar-refractivity contribution is 6.34. The SMILES string of the molecule is O=[N+]([O-])Cc1cc(Cl)cc(Cl)c1. The van der Waals surface area contributed by atoms with E-state index < -0.39 is 4.92 Å². The van der Waals surface area contributed by atoms with Gasteiger partial charge in [0, 0.05) is 20.5 Å². The van der Waals surface area contributed by atoms with E-state index in [1.165, 1.54) is 18.2 Å². The van der Waals surface area contributed by atoms with Crippen molar-refractivity contribution < 1.29 is 4.92 Å². The molecule has 0 spiro atoms. The highest BCUT2D eigenvalue weighted by Crippen LogP contribution is 2.19. The van der Waals surface area contributed by atoms with Crippen LogP contribution in [0.1, 0.15) is 5.56 Å². The van der Waals surface area contributed by atoms with Crippen LogP contribution in [0.3, 0.4) is 0 Å². The Morgan fingerprint density at radius 2 is 1.75 bits per heavy atom. The smallest absolute Gasteiger partial charge is 0.229 e. The zero-order chi connectivity index (χ0) is 9.14. The highest BCUT2D eigenvalue weighted by atomic mass is 35.5. The molecule has 0 unspecified atom stereocenters. The topological polar surface area (TPSA) is 43.1 Å². The van der Waals surface area contributed by atoms with Gasteiger partial charge in [-0.15, -0.1) is 0 Å². The lowest BCUT2D eigenvalue weighted by Crippen LogP contribution is -1.97. The zero-order valence-electron chi connectivity index (χ0n) is 5.96. The molecular formula is C7H5Cl2NO2. The number of hydrogen-bond acceptors (Lipinski definition) is 2. The van der Waals surface area contributed by atoms with Crippen LogP contribution in [0.4, 0.5) is 0 Å². The summed E-state index contributed by atoms with van der Waals surface area (Å²) in [6.45, 7) is -0.250. The molecule has 0 aromatic heterocycles. The molecule has 0 fully saturated rings. The molecule has 64 valence electrons. The predicted molar refractivity (Wildman–Crippen MR) is 47.2 cm³/mol. The number of hydrogen-bond donors (Lipinski definition) is 0. The third kappa shape index (κ3) is 2.68. The van der Waals surface area contributed by atoms with Gasteiger partial charge in [0.25, 0.3) is 0 Å². The van der Waals surface area contributed by atoms with Crippen LogP contribution >= 0.6 is 23.2 Å². The van der Waals surface area contributed by atoms with Crippen LogP contribution in [0.2, 0.25) is 10.0 Å². The van der Waals surface area contributed by atoms with Crippen LogP contribution < -0.4 is 0 Å². The largest absolute Gasteiger partial charge is 0.264 e. The molecule has 0 atom stereocenters. The van der Waals surface area contributed by atoms with Crippen LogP contribution in [0, 0.1) is 10.1 Å². The molecule has 1 rings (SSSR count). The summed E-state index contributed by atoms with van der Waals surface area (Å²) in [5, 5.41) is 10.9. The molecular weight excluding hydrogens is 201 g/mol. The molecule has 0 N–H and O–H groups in total. The van der Waals surface area contributed by atoms with E-state index >= 15 is 0 Å². The van der Waals surface area contributed by atoms with Crippen LogP contribution in [0.5, 0.6) is 0 Å². The quantitative estimate of drug-likeness (QED) is 0.551. The Kier molecular flexibility index (Phi) is 2.89. The molecule has 0 radical (unpaired) electrons. The first-order valence-corrected chi connectivity index (χ1v) is 3.90. The van der Waals surface area contributed by atoms with Crippen molar-refractivity contribution in [1.29, 1.82) is 0 Å². The standard InChI is InChI=1S/C7H5Cl2NO2/c8-6-1-5(4-10(11)12)2-7(9)3-6/h1-3H,4H2. The van der Waals surface area contributed by atoms with Crippen LogP contribution in [0.15, 0.2) is 18.2 Å². The fourth-order valence-corrected chi connectivity index (χ4v) is 1.42. The fraction of sp³-hybridized carbons (Fsp3) is 0.143. The van der Waals surface area contributed by atoms with Gasteiger partial charge in [0.2, 0.25) is 6.54 Å². The second-order valence-electron chi connectivity index (χ2n) is 2.27. The molecule has 0 heterocycles. The molecule has 1 aromatic carbocycles. The summed E-state index contributed by atoms with van der Waals surface area (Å²) in [5.74, 6) is 0. The maximum Gasteiger partial charge on any atom is 0.229 e. The van der Waals surface area contributed by atoms with Crippen molar-refractivity contribution in [3.63, 3.8) is 0 Å². The van der Waals surface area contributed by atoms with Gasteiger partial charge in [-0.05, 0) is 18.2 Å². The normalized spacial score (nSPS) is 9.83. The van der Waals surface area contributed by atoms with Gasteiger partial charge in [-0.3, -0.25) is 10.1 Å². The first kappa shape index (κ1) is 9.29. The van der Waals surface area contributed by atoms with Gasteiger partial charge < -0.3 is 0 Å². The first-order chi connectivity index (χ1) is 5.58. The number of nitrogens with zero attached hydrogens (tertiary/aromatic N) is 1. The van der Waals surface area contributed by atoms with Gasteiger partial charge in [0.05, 0.1) is 0 Å². The maximum absolute atomic E-state index is 10.1. The Morgan fingerprint density at radius 3 is 2.17 bits per heavy atom. The summed E-state index contributed by atoms with van der Waals surface area (Å²) in [7, 11) is 0. The Labute approximate surface area is 79.1 Å². The summed E-state index contributed by atoms with van der Waals surface area (Å²) in [4.78, 5) is 9.68. The van der Waals surface area contributed by atoms with Crippen molar-refractivity contribution in [1.82, 2.24) is 0 Å². The van der Waals surface area contributed by atoms with Gasteiger partial charge >= 0.3 is 0 Å². The summed E-state index contributed by atoms with van der Waals surface area (Å²) in [5.41, 5.74) is 0.512. The molecule has 0 aliphatic carbocycles. The first-order valence-electron chi connectivity index (χ1n) is 3.14. The van der Waals surface area contributed by atoms with E-state index in [4.69, 9.17) is 23.2 Å². The van der Waals surface area contributed by atoms with Gasteiger partial charge in [-0.1, -0.05) is 23.2 Å². The number of rotatable bonds is 2. The van der Waals surface area contributed by atoms with Crippen LogP contribution in [0.25, 0.3) is 0 Å². The summed E-state index contributed by atoms with van der Waals surface area (Å²) >= 11 is 11.3. The molecule has 0 bridgehead atoms. The summed E-state index contributed by atoms with van der Waals surface area (Å²) in [6, 6.07) is 4.58. The Morgan fingerprint density at radius 1 is 1.25 bits per heavy atom. The number of nitro groups is 1. The van der Waals surface area contributed by atoms with Crippen molar-refractivity contribution in [2.24, 2.45) is 0 Å². The summed E-state index contributed by atoms with van der Waals surface area (Å²) < 4.78 is 0. The Bertz CT molecular complexity index is 294. The Hall–Kier alpha value is -0.800. The maximum atomic E-state index is 10.1. The van der Waals surface area contributed by atoms with Gasteiger partial charge in [0.1, 0.15) is 0 Å². The molecule has 0 aliphatic heterocycles. The molecule has 3 nitrogen and oxygen atoms in total. The van der Waals surface area contributed by atoms with Gasteiger partial charge in [-0.2, -0.15) is 0 Å². The third-order valence-electron chi connectivity index (χ3n) is 1.23. The Balaban J connectivity index is 2.93. The molecule has 0 aliphatic rings. The van der Waals surface area contributed by atoms with E-state index in [9.17, 15) is 10.1 Å². The average molecular weight is 206 g/mol. The monoisotopic (exact) mass is 205 g/mol. The van der Waals surface area contributed by atoms with Crippen LogP contribution in [-0.2, 0) is 6.54 Å². The lowest BCUT2D eigenvalue weighted by molar-refractivity contribution is -0.496. The van der Waals surface area contributed by atoms with Gasteiger partial charge in [0.15, 0.2) is 0 Å². The van der Waals surface area contributed by atoms with Crippen molar-refractivity contribution in [2.75, 3.05) is 0 Å². The lowest BCUT2D eigenvalue weighted by atomic mass is 10.2. The highest BCUT2D eigenvalue weighted by Gasteiger charge is 2.03. The molecule has 1 aromatic rings. The van der Waals surface area contributed by atoms with Crippen molar-refractivity contribution >= 4 is 23.2 Å². The zero-order valence-corrected chi connectivity index (χ0v) is 7.47. The second-order valence-corrected chi connectivity index (χ2v) is 3.14. The van der Waals surface area contributed by atoms with Crippen molar-refractivity contribution in [3.05, 3.63) is 43.9 Å². The second kappa shape index (κ2) is 3.74. The average Bonchev–Trinajstić information content (AvgIpc) is 1.81. The predicted octanol–water partition coefficient (Wildman–Crippen LogP) is 2.77.